The second kappa shape index (κ2) is 14.5. The Kier molecular flexibility index (Phi) is 12.1. The molecule has 23 heteroatoms. The Bertz CT molecular complexity index is 1500. The fraction of sp³-hybridized carbons (Fsp3) is 0.682. The Labute approximate surface area is 257 Å². The van der Waals surface area contributed by atoms with Gasteiger partial charge < -0.3 is 50.1 Å². The van der Waals surface area contributed by atoms with Gasteiger partial charge in [0.15, 0.2) is 12.0 Å². The highest BCUT2D eigenvalue weighted by atomic mass is 31.3. The molecule has 0 bridgehead atoms. The lowest BCUT2D eigenvalue weighted by molar-refractivity contribution is -0.136. The molecule has 0 aliphatic carbocycles. The zero-order chi connectivity index (χ0) is 34.0. The molecule has 0 radical (unpaired) electrons. The van der Waals surface area contributed by atoms with Gasteiger partial charge in [0.2, 0.25) is 5.91 Å². The van der Waals surface area contributed by atoms with E-state index in [1.165, 1.54) is 30.9 Å². The Morgan fingerprint density at radius 2 is 1.80 bits per heavy atom. The standard InChI is InChI=1S/C22H38N5O15P3/c1-5-7-24-20(30)18(29)22(3,4)10-39-45(36,37)42-44(34,35)38-9-13-17(41-43(31,32)33)16(28)21(40-13)27-11-26-14-15(27)12(6-2)8-25-19(14)23/h8,11,13,16-18,21,28-29H,5-7,9-10H2,1-4H3,(H2,23,25)(H,24,30)(H,34,35)(H,36,37)(H2,31,32,33). The van der Waals surface area contributed by atoms with Crippen LogP contribution in [0.4, 0.5) is 5.82 Å². The molecule has 1 saturated heterocycles. The van der Waals surface area contributed by atoms with Crippen molar-refractivity contribution in [3.05, 3.63) is 18.1 Å². The normalized spacial score (nSPS) is 24.3. The SMILES string of the molecule is CCCNC(=O)C(O)C(C)(C)COP(=O)(O)OP(=O)(O)OCC1OC(n2cnc3c(N)ncc(CC)c32)C(O)C1OP(=O)(O)O. The molecule has 0 aromatic carbocycles. The molecule has 45 heavy (non-hydrogen) atoms. The number of aryl methyl sites for hydroxylation is 1. The number of rotatable bonds is 16. The number of nitrogen functional groups attached to an aromatic ring is 1. The molecule has 0 saturated carbocycles. The molecule has 1 fully saturated rings. The average molecular weight is 705 g/mol. The van der Waals surface area contributed by atoms with Gasteiger partial charge in [0.25, 0.3) is 0 Å². The highest BCUT2D eigenvalue weighted by molar-refractivity contribution is 7.61. The minimum absolute atomic E-state index is 0.0583. The van der Waals surface area contributed by atoms with Crippen molar-refractivity contribution >= 4 is 46.2 Å². The third kappa shape index (κ3) is 9.59. The molecule has 2 aromatic heterocycles. The molecule has 3 rings (SSSR count). The maximum absolute atomic E-state index is 12.6. The number of aromatic nitrogens is 3. The number of amides is 1. The van der Waals surface area contributed by atoms with E-state index in [1.54, 1.807) is 6.92 Å². The number of carbonyl (C=O) groups is 1. The Morgan fingerprint density at radius 1 is 1.16 bits per heavy atom. The first-order valence-corrected chi connectivity index (χ1v) is 18.0. The van der Waals surface area contributed by atoms with Crippen molar-refractivity contribution in [2.45, 2.75) is 71.2 Å². The summed E-state index contributed by atoms with van der Waals surface area (Å²) in [4.78, 5) is 59.3. The van der Waals surface area contributed by atoms with E-state index in [0.29, 0.717) is 23.9 Å². The van der Waals surface area contributed by atoms with E-state index in [9.17, 15) is 48.3 Å². The van der Waals surface area contributed by atoms with Gasteiger partial charge in [0.05, 0.1) is 25.1 Å². The van der Waals surface area contributed by atoms with Crippen molar-refractivity contribution in [3.63, 3.8) is 0 Å². The van der Waals surface area contributed by atoms with Crippen LogP contribution in [0.25, 0.3) is 11.0 Å². The van der Waals surface area contributed by atoms with Gasteiger partial charge in [-0.1, -0.05) is 27.7 Å². The summed E-state index contributed by atoms with van der Waals surface area (Å²) >= 11 is 0. The number of hydrogen-bond acceptors (Lipinski definition) is 14. The number of phosphoric acid groups is 3. The molecule has 256 valence electrons. The molecule has 20 nitrogen and oxygen atoms in total. The molecule has 1 amide bonds. The summed E-state index contributed by atoms with van der Waals surface area (Å²) in [6.07, 6.45) is -4.68. The summed E-state index contributed by atoms with van der Waals surface area (Å²) < 4.78 is 62.2. The number of aliphatic hydroxyl groups is 2. The molecule has 3 heterocycles. The van der Waals surface area contributed by atoms with Gasteiger partial charge in [-0.15, -0.1) is 0 Å². The predicted octanol–water partition coefficient (Wildman–Crippen LogP) is 0.476. The predicted molar refractivity (Wildman–Crippen MR) is 154 cm³/mol. The van der Waals surface area contributed by atoms with E-state index in [4.69, 9.17) is 24.0 Å². The van der Waals surface area contributed by atoms with Gasteiger partial charge in [-0.05, 0) is 18.4 Å². The fourth-order valence-electron chi connectivity index (χ4n) is 4.33. The number of fused-ring (bicyclic) bond motifs is 1. The number of aliphatic hydroxyl groups excluding tert-OH is 2. The van der Waals surface area contributed by atoms with Gasteiger partial charge in [0.1, 0.15) is 29.9 Å². The molecule has 2 aromatic rings. The Balaban J connectivity index is 1.74. The van der Waals surface area contributed by atoms with E-state index in [1.807, 2.05) is 6.92 Å². The zero-order valence-electron chi connectivity index (χ0n) is 24.7. The van der Waals surface area contributed by atoms with Crippen molar-refractivity contribution in [3.8, 4) is 0 Å². The van der Waals surface area contributed by atoms with Gasteiger partial charge in [-0.2, -0.15) is 4.31 Å². The summed E-state index contributed by atoms with van der Waals surface area (Å²) in [5.74, 6) is -0.711. The van der Waals surface area contributed by atoms with Crippen LogP contribution in [0.5, 0.6) is 0 Å². The molecule has 0 spiro atoms. The van der Waals surface area contributed by atoms with Crippen LogP contribution in [0, 0.1) is 5.41 Å². The van der Waals surface area contributed by atoms with Crippen LogP contribution in [0.1, 0.15) is 45.9 Å². The molecule has 7 unspecified atom stereocenters. The molecule has 7 atom stereocenters. The molecular weight excluding hydrogens is 667 g/mol. The maximum atomic E-state index is 12.6. The van der Waals surface area contributed by atoms with Crippen molar-refractivity contribution in [1.82, 2.24) is 19.9 Å². The molecular formula is C22H38N5O15P3. The molecule has 9 N–H and O–H groups in total. The Morgan fingerprint density at radius 3 is 2.40 bits per heavy atom. The highest BCUT2D eigenvalue weighted by Crippen LogP contribution is 2.61. The van der Waals surface area contributed by atoms with Crippen molar-refractivity contribution in [2.75, 3.05) is 25.5 Å². The van der Waals surface area contributed by atoms with Crippen LogP contribution in [0.2, 0.25) is 0 Å². The second-order valence-electron chi connectivity index (χ2n) is 10.8. The molecule has 1 aliphatic heterocycles. The second-order valence-corrected chi connectivity index (χ2v) is 15.0. The first kappa shape index (κ1) is 37.6. The number of pyridine rings is 1. The number of carbonyl (C=O) groups excluding carboxylic acids is 1. The number of phosphoric ester groups is 3. The van der Waals surface area contributed by atoms with Gasteiger partial charge in [-0.25, -0.2) is 23.7 Å². The lowest BCUT2D eigenvalue weighted by Gasteiger charge is -2.30. The van der Waals surface area contributed by atoms with Crippen LogP contribution in [0.3, 0.4) is 0 Å². The number of imidazole rings is 1. The number of ether oxygens (including phenoxy) is 1. The number of hydrogen-bond donors (Lipinski definition) is 8. The van der Waals surface area contributed by atoms with Crippen molar-refractivity contribution in [1.29, 1.82) is 0 Å². The number of nitrogens with zero attached hydrogens (tertiary/aromatic N) is 3. The lowest BCUT2D eigenvalue weighted by Crippen LogP contribution is -2.46. The topological polar surface area (TPSA) is 305 Å². The van der Waals surface area contributed by atoms with E-state index >= 15 is 0 Å². The minimum atomic E-state index is -5.48. The smallest absolute Gasteiger partial charge is 0.386 e. The molecule has 1 aliphatic rings. The number of nitrogens with one attached hydrogen (secondary N) is 1. The summed E-state index contributed by atoms with van der Waals surface area (Å²) in [6.45, 7) is 4.70. The van der Waals surface area contributed by atoms with Gasteiger partial charge in [-0.3, -0.25) is 18.4 Å². The summed E-state index contributed by atoms with van der Waals surface area (Å²) in [5.41, 5.74) is 5.72. The van der Waals surface area contributed by atoms with Gasteiger partial charge >= 0.3 is 23.5 Å². The van der Waals surface area contributed by atoms with Crippen molar-refractivity contribution < 1.29 is 70.9 Å². The van der Waals surface area contributed by atoms with E-state index in [-0.39, 0.29) is 17.9 Å². The van der Waals surface area contributed by atoms with Crippen LogP contribution < -0.4 is 11.1 Å². The lowest BCUT2D eigenvalue weighted by atomic mass is 9.87. The highest BCUT2D eigenvalue weighted by Gasteiger charge is 2.50. The minimum Gasteiger partial charge on any atom is -0.386 e. The summed E-state index contributed by atoms with van der Waals surface area (Å²) in [6, 6.07) is 0. The summed E-state index contributed by atoms with van der Waals surface area (Å²) in [5, 5.41) is 23.7. The van der Waals surface area contributed by atoms with Crippen LogP contribution in [-0.4, -0.2) is 94.4 Å². The number of anilines is 1. The Hall–Kier alpha value is -1.86. The van der Waals surface area contributed by atoms with E-state index < -0.39 is 78.6 Å². The first-order chi connectivity index (χ1) is 20.7. The largest absolute Gasteiger partial charge is 0.481 e. The van der Waals surface area contributed by atoms with E-state index in [2.05, 4.69) is 19.6 Å². The monoisotopic (exact) mass is 705 g/mol. The quantitative estimate of drug-likeness (QED) is 0.110. The first-order valence-electron chi connectivity index (χ1n) is 13.5. The third-order valence-corrected chi connectivity index (χ3v) is 9.77. The zero-order valence-corrected chi connectivity index (χ0v) is 27.4. The van der Waals surface area contributed by atoms with Crippen LogP contribution >= 0.6 is 23.5 Å². The van der Waals surface area contributed by atoms with Crippen LogP contribution in [0.15, 0.2) is 12.5 Å². The van der Waals surface area contributed by atoms with E-state index in [0.717, 1.165) is 0 Å². The summed E-state index contributed by atoms with van der Waals surface area (Å²) in [7, 11) is -16.1. The third-order valence-electron chi connectivity index (χ3n) is 6.67. The van der Waals surface area contributed by atoms with Crippen molar-refractivity contribution in [2.24, 2.45) is 5.41 Å². The average Bonchev–Trinajstić information content (AvgIpc) is 3.50. The van der Waals surface area contributed by atoms with Crippen LogP contribution in [-0.2, 0) is 47.5 Å². The number of nitrogens with two attached hydrogens (primary N) is 1. The fourth-order valence-corrected chi connectivity index (χ4v) is 7.16. The maximum Gasteiger partial charge on any atom is 0.481 e. The van der Waals surface area contributed by atoms with Gasteiger partial charge in [0, 0.05) is 18.2 Å².